The molecule has 0 spiro atoms. The average Bonchev–Trinajstić information content (AvgIpc) is 3.26. The molecule has 8 heteroatoms. The highest BCUT2D eigenvalue weighted by atomic mass is 32.2. The number of carbonyl (C=O) groups excluding carboxylic acids is 2. The third-order valence-corrected chi connectivity index (χ3v) is 6.15. The van der Waals surface area contributed by atoms with E-state index in [1.165, 1.54) is 18.7 Å². The van der Waals surface area contributed by atoms with Crippen LogP contribution in [0.5, 0.6) is 5.75 Å². The molecule has 0 fully saturated rings. The zero-order valence-electron chi connectivity index (χ0n) is 19.6. The number of para-hydroxylation sites is 1. The standard InChI is InChI=1S/C27H26N4O3S/c1-3-34-22-15-13-21(14-16-22)31-25(17-20-9-5-4-6-10-20)29-30-27(31)35-18-26(33)28-24-12-8-7-11-23(24)19(2)32/h4-16H,3,17-18H2,1-2H3,(H,28,33). The quantitative estimate of drug-likeness (QED) is 0.245. The monoisotopic (exact) mass is 486 g/mol. The molecule has 4 rings (SSSR count). The number of anilines is 1. The van der Waals surface area contributed by atoms with Gasteiger partial charge in [0.15, 0.2) is 10.9 Å². The van der Waals surface area contributed by atoms with E-state index in [0.717, 1.165) is 22.8 Å². The van der Waals surface area contributed by atoms with Gasteiger partial charge in [0.2, 0.25) is 5.91 Å². The Morgan fingerprint density at radius 3 is 2.37 bits per heavy atom. The minimum atomic E-state index is -0.227. The van der Waals surface area contributed by atoms with Crippen molar-refractivity contribution in [1.82, 2.24) is 14.8 Å². The number of aromatic nitrogens is 3. The number of hydrogen-bond acceptors (Lipinski definition) is 6. The van der Waals surface area contributed by atoms with Gasteiger partial charge in [0.1, 0.15) is 11.6 Å². The molecule has 0 bridgehead atoms. The molecule has 0 unspecified atom stereocenters. The third-order valence-electron chi connectivity index (χ3n) is 5.22. The number of nitrogens with one attached hydrogen (secondary N) is 1. The van der Waals surface area contributed by atoms with Crippen LogP contribution in [-0.4, -0.2) is 38.8 Å². The first-order valence-electron chi connectivity index (χ1n) is 11.3. The number of nitrogens with zero attached hydrogens (tertiary/aromatic N) is 3. The van der Waals surface area contributed by atoms with Crippen molar-refractivity contribution in [3.05, 3.63) is 95.8 Å². The molecule has 0 aliphatic rings. The number of amides is 1. The maximum atomic E-state index is 12.7. The molecule has 178 valence electrons. The highest BCUT2D eigenvalue weighted by molar-refractivity contribution is 7.99. The minimum absolute atomic E-state index is 0.102. The van der Waals surface area contributed by atoms with E-state index in [1.807, 2.05) is 66.1 Å². The van der Waals surface area contributed by atoms with E-state index in [0.29, 0.717) is 29.4 Å². The lowest BCUT2D eigenvalue weighted by Crippen LogP contribution is -2.16. The molecule has 0 atom stereocenters. The van der Waals surface area contributed by atoms with E-state index in [4.69, 9.17) is 4.74 Å². The Hall–Kier alpha value is -3.91. The van der Waals surface area contributed by atoms with Crippen LogP contribution < -0.4 is 10.1 Å². The van der Waals surface area contributed by atoms with Crippen molar-refractivity contribution in [1.29, 1.82) is 0 Å². The molecular formula is C27H26N4O3S. The van der Waals surface area contributed by atoms with Crippen LogP contribution >= 0.6 is 11.8 Å². The van der Waals surface area contributed by atoms with Crippen molar-refractivity contribution in [2.24, 2.45) is 0 Å². The Morgan fingerprint density at radius 2 is 1.66 bits per heavy atom. The number of rotatable bonds is 10. The fourth-order valence-electron chi connectivity index (χ4n) is 3.62. The van der Waals surface area contributed by atoms with Gasteiger partial charge in [0.25, 0.3) is 0 Å². The van der Waals surface area contributed by atoms with Gasteiger partial charge in [-0.1, -0.05) is 54.2 Å². The molecule has 0 saturated heterocycles. The number of ketones is 1. The summed E-state index contributed by atoms with van der Waals surface area (Å²) in [4.78, 5) is 24.6. The lowest BCUT2D eigenvalue weighted by atomic mass is 10.1. The summed E-state index contributed by atoms with van der Waals surface area (Å²) < 4.78 is 7.54. The number of benzene rings is 3. The summed E-state index contributed by atoms with van der Waals surface area (Å²) >= 11 is 1.29. The van der Waals surface area contributed by atoms with E-state index >= 15 is 0 Å². The summed E-state index contributed by atoms with van der Waals surface area (Å²) in [5, 5.41) is 12.3. The summed E-state index contributed by atoms with van der Waals surface area (Å²) in [6.45, 7) is 4.02. The molecule has 1 aromatic heterocycles. The molecule has 7 nitrogen and oxygen atoms in total. The van der Waals surface area contributed by atoms with Gasteiger partial charge in [0.05, 0.1) is 18.0 Å². The molecule has 35 heavy (non-hydrogen) atoms. The second-order valence-electron chi connectivity index (χ2n) is 7.76. The van der Waals surface area contributed by atoms with E-state index < -0.39 is 0 Å². The van der Waals surface area contributed by atoms with Crippen molar-refractivity contribution in [2.75, 3.05) is 17.7 Å². The zero-order valence-corrected chi connectivity index (χ0v) is 20.4. The Kier molecular flexibility index (Phi) is 7.95. The lowest BCUT2D eigenvalue weighted by Gasteiger charge is -2.12. The van der Waals surface area contributed by atoms with Crippen LogP contribution in [0.4, 0.5) is 5.69 Å². The van der Waals surface area contributed by atoms with Crippen molar-refractivity contribution in [3.63, 3.8) is 0 Å². The van der Waals surface area contributed by atoms with E-state index in [2.05, 4.69) is 15.5 Å². The molecular weight excluding hydrogens is 460 g/mol. The maximum absolute atomic E-state index is 12.7. The molecule has 0 saturated carbocycles. The molecule has 1 amide bonds. The second kappa shape index (κ2) is 11.5. The van der Waals surface area contributed by atoms with Crippen molar-refractivity contribution >= 4 is 29.1 Å². The van der Waals surface area contributed by atoms with Gasteiger partial charge in [-0.2, -0.15) is 0 Å². The number of ether oxygens (including phenoxy) is 1. The van der Waals surface area contributed by atoms with Gasteiger partial charge < -0.3 is 10.1 Å². The maximum Gasteiger partial charge on any atom is 0.234 e. The fourth-order valence-corrected chi connectivity index (χ4v) is 4.39. The normalized spacial score (nSPS) is 10.7. The van der Waals surface area contributed by atoms with Crippen LogP contribution in [0.2, 0.25) is 0 Å². The van der Waals surface area contributed by atoms with Gasteiger partial charge in [-0.3, -0.25) is 14.2 Å². The molecule has 1 heterocycles. The molecule has 3 aromatic carbocycles. The predicted octanol–water partition coefficient (Wildman–Crippen LogP) is 5.19. The Balaban J connectivity index is 1.56. The van der Waals surface area contributed by atoms with Crippen LogP contribution in [0.1, 0.15) is 35.6 Å². The number of hydrogen-bond donors (Lipinski definition) is 1. The third kappa shape index (κ3) is 6.16. The SMILES string of the molecule is CCOc1ccc(-n2c(Cc3ccccc3)nnc2SCC(=O)Nc2ccccc2C(C)=O)cc1. The number of Topliss-reactive ketones (excluding diaryl/α,β-unsaturated/α-hetero) is 1. The van der Waals surface area contributed by atoms with Crippen LogP contribution in [0.15, 0.2) is 84.0 Å². The largest absolute Gasteiger partial charge is 0.494 e. The molecule has 0 radical (unpaired) electrons. The first-order chi connectivity index (χ1) is 17.0. The average molecular weight is 487 g/mol. The van der Waals surface area contributed by atoms with E-state index in [1.54, 1.807) is 24.3 Å². The topological polar surface area (TPSA) is 86.1 Å². The van der Waals surface area contributed by atoms with Crippen molar-refractivity contribution in [2.45, 2.75) is 25.4 Å². The zero-order chi connectivity index (χ0) is 24.6. The smallest absolute Gasteiger partial charge is 0.234 e. The lowest BCUT2D eigenvalue weighted by molar-refractivity contribution is -0.113. The molecule has 0 aliphatic carbocycles. The molecule has 1 N–H and O–H groups in total. The number of thioether (sulfide) groups is 1. The van der Waals surface area contributed by atoms with Gasteiger partial charge in [0, 0.05) is 17.7 Å². The highest BCUT2D eigenvalue weighted by Gasteiger charge is 2.17. The van der Waals surface area contributed by atoms with Gasteiger partial charge in [-0.15, -0.1) is 10.2 Å². The first kappa shape index (κ1) is 24.2. The van der Waals surface area contributed by atoms with E-state index in [9.17, 15) is 9.59 Å². The number of carbonyl (C=O) groups is 2. The summed E-state index contributed by atoms with van der Waals surface area (Å²) in [5.74, 6) is 1.34. The second-order valence-corrected chi connectivity index (χ2v) is 8.70. The van der Waals surface area contributed by atoms with Crippen molar-refractivity contribution in [3.8, 4) is 11.4 Å². The fraction of sp³-hybridized carbons (Fsp3) is 0.185. The summed E-state index contributed by atoms with van der Waals surface area (Å²) in [6.07, 6.45) is 0.597. The minimum Gasteiger partial charge on any atom is -0.494 e. The Labute approximate surface area is 208 Å². The van der Waals surface area contributed by atoms with E-state index in [-0.39, 0.29) is 17.4 Å². The molecule has 0 aliphatic heterocycles. The summed E-state index contributed by atoms with van der Waals surface area (Å²) in [6, 6.07) is 24.8. The highest BCUT2D eigenvalue weighted by Crippen LogP contribution is 2.26. The Bertz CT molecular complexity index is 1300. The Morgan fingerprint density at radius 1 is 0.943 bits per heavy atom. The first-order valence-corrected chi connectivity index (χ1v) is 12.3. The summed E-state index contributed by atoms with van der Waals surface area (Å²) in [5.41, 5.74) is 2.98. The van der Waals surface area contributed by atoms with Gasteiger partial charge in [-0.05, 0) is 55.8 Å². The summed E-state index contributed by atoms with van der Waals surface area (Å²) in [7, 11) is 0. The van der Waals surface area contributed by atoms with Crippen LogP contribution in [-0.2, 0) is 11.2 Å². The van der Waals surface area contributed by atoms with Crippen LogP contribution in [0.25, 0.3) is 5.69 Å². The molecule has 4 aromatic rings. The van der Waals surface area contributed by atoms with Gasteiger partial charge in [-0.25, -0.2) is 0 Å². The van der Waals surface area contributed by atoms with Crippen LogP contribution in [0.3, 0.4) is 0 Å². The van der Waals surface area contributed by atoms with Crippen molar-refractivity contribution < 1.29 is 14.3 Å². The predicted molar refractivity (Wildman–Crippen MR) is 138 cm³/mol. The van der Waals surface area contributed by atoms with Crippen LogP contribution in [0, 0.1) is 0 Å². The van der Waals surface area contributed by atoms with Gasteiger partial charge >= 0.3 is 0 Å².